The number of amides is 5. The lowest BCUT2D eigenvalue weighted by molar-refractivity contribution is -0.138. The molecule has 1 aliphatic heterocycles. The number of nitrogens with one attached hydrogen (secondary N) is 4. The van der Waals surface area contributed by atoms with Crippen molar-refractivity contribution >= 4 is 52.0 Å². The van der Waals surface area contributed by atoms with Gasteiger partial charge in [-0.25, -0.2) is 4.79 Å². The van der Waals surface area contributed by atoms with Crippen LogP contribution < -0.4 is 16.0 Å². The van der Waals surface area contributed by atoms with E-state index in [0.29, 0.717) is 42.9 Å². The fourth-order valence-electron chi connectivity index (χ4n) is 6.67. The molecule has 5 aromatic rings. The number of fused-ring (bicyclic) bond motifs is 1. The van der Waals surface area contributed by atoms with Crippen molar-refractivity contribution < 1.29 is 29.1 Å². The van der Waals surface area contributed by atoms with E-state index in [1.54, 1.807) is 41.3 Å². The Morgan fingerprint density at radius 1 is 0.868 bits per heavy atom. The fourth-order valence-corrected chi connectivity index (χ4v) is 6.67. The predicted molar refractivity (Wildman–Crippen MR) is 203 cm³/mol. The summed E-state index contributed by atoms with van der Waals surface area (Å²) in [6.07, 6.45) is 0.734. The van der Waals surface area contributed by atoms with Gasteiger partial charge in [-0.3, -0.25) is 19.2 Å². The van der Waals surface area contributed by atoms with Crippen molar-refractivity contribution in [1.29, 1.82) is 0 Å². The van der Waals surface area contributed by atoms with Gasteiger partial charge in [-0.05, 0) is 72.4 Å². The maximum absolute atomic E-state index is 13.6. The molecule has 1 aromatic heterocycles. The quantitative estimate of drug-likeness (QED) is 0.0976. The summed E-state index contributed by atoms with van der Waals surface area (Å²) in [6.45, 7) is 2.77. The van der Waals surface area contributed by atoms with E-state index in [4.69, 9.17) is 0 Å². The minimum absolute atomic E-state index is 0.0344. The van der Waals surface area contributed by atoms with Crippen LogP contribution in [0.2, 0.25) is 0 Å². The van der Waals surface area contributed by atoms with Crippen molar-refractivity contribution in [2.75, 3.05) is 30.3 Å². The summed E-state index contributed by atoms with van der Waals surface area (Å²) in [7, 11) is 0. The molecule has 1 fully saturated rings. The van der Waals surface area contributed by atoms with Crippen LogP contribution in [0.5, 0.6) is 0 Å². The van der Waals surface area contributed by atoms with E-state index in [-0.39, 0.29) is 30.7 Å². The average Bonchev–Trinajstić information content (AvgIpc) is 3.82. The van der Waals surface area contributed by atoms with Gasteiger partial charge in [0.25, 0.3) is 5.91 Å². The first-order valence-corrected chi connectivity index (χ1v) is 17.7. The molecule has 1 saturated heterocycles. The molecule has 6 rings (SSSR count). The van der Waals surface area contributed by atoms with E-state index in [1.165, 1.54) is 4.90 Å². The van der Waals surface area contributed by atoms with Gasteiger partial charge in [0, 0.05) is 41.1 Å². The predicted octanol–water partition coefficient (Wildman–Crippen LogP) is 6.19. The lowest BCUT2D eigenvalue weighted by Crippen LogP contribution is -2.48. The maximum atomic E-state index is 13.6. The average molecular weight is 715 g/mol. The second-order valence-electron chi connectivity index (χ2n) is 13.1. The highest BCUT2D eigenvalue weighted by Crippen LogP contribution is 2.29. The van der Waals surface area contributed by atoms with Gasteiger partial charge in [-0.15, -0.1) is 0 Å². The lowest BCUT2D eigenvalue weighted by atomic mass is 10.0. The third-order valence-electron chi connectivity index (χ3n) is 9.23. The Morgan fingerprint density at radius 3 is 2.26 bits per heavy atom. The second-order valence-corrected chi connectivity index (χ2v) is 13.1. The van der Waals surface area contributed by atoms with E-state index >= 15 is 0 Å². The monoisotopic (exact) mass is 714 g/mol. The highest BCUT2D eigenvalue weighted by molar-refractivity contribution is 6.00. The number of benzene rings is 4. The van der Waals surface area contributed by atoms with E-state index in [0.717, 1.165) is 34.1 Å². The molecule has 4 aromatic carbocycles. The van der Waals surface area contributed by atoms with Gasteiger partial charge in [0.05, 0.1) is 13.0 Å². The summed E-state index contributed by atoms with van der Waals surface area (Å²) >= 11 is 0. The minimum Gasteiger partial charge on any atom is -0.465 e. The maximum Gasteiger partial charge on any atom is 0.405 e. The molecule has 0 unspecified atom stereocenters. The van der Waals surface area contributed by atoms with Crippen molar-refractivity contribution in [3.8, 4) is 11.3 Å². The molecule has 12 heteroatoms. The Bertz CT molecular complexity index is 2080. The molecular weight excluding hydrogens is 672 g/mol. The largest absolute Gasteiger partial charge is 0.465 e. The third kappa shape index (κ3) is 9.09. The van der Waals surface area contributed by atoms with E-state index in [9.17, 15) is 29.1 Å². The van der Waals surface area contributed by atoms with Crippen LogP contribution in [-0.2, 0) is 25.6 Å². The Labute approximate surface area is 307 Å². The molecule has 5 N–H and O–H groups in total. The number of likely N-dealkylation sites (tertiary alicyclic amines) is 1. The smallest absolute Gasteiger partial charge is 0.405 e. The molecule has 0 spiro atoms. The van der Waals surface area contributed by atoms with Crippen LogP contribution in [0.25, 0.3) is 22.2 Å². The molecule has 5 amide bonds. The number of hydrogen-bond donors (Lipinski definition) is 5. The lowest BCUT2D eigenvalue weighted by Gasteiger charge is -2.28. The van der Waals surface area contributed by atoms with E-state index in [2.05, 4.69) is 20.9 Å². The van der Waals surface area contributed by atoms with Crippen LogP contribution in [0.15, 0.2) is 109 Å². The summed E-state index contributed by atoms with van der Waals surface area (Å²) in [5.41, 5.74) is 5.16. The molecular formula is C41H42N6O6. The number of H-pyrrole nitrogens is 1. The molecule has 0 bridgehead atoms. The first-order chi connectivity index (χ1) is 25.7. The third-order valence-corrected chi connectivity index (χ3v) is 9.23. The first-order valence-electron chi connectivity index (χ1n) is 17.7. The van der Waals surface area contributed by atoms with Crippen LogP contribution >= 0.6 is 0 Å². The number of hydrogen-bond acceptors (Lipinski definition) is 5. The zero-order valence-corrected chi connectivity index (χ0v) is 29.4. The summed E-state index contributed by atoms with van der Waals surface area (Å²) in [4.78, 5) is 70.8. The van der Waals surface area contributed by atoms with E-state index < -0.39 is 24.1 Å². The van der Waals surface area contributed by atoms with Crippen molar-refractivity contribution in [3.05, 3.63) is 120 Å². The molecule has 0 aliphatic carbocycles. The number of carboxylic acid groups (broad SMARTS) is 1. The van der Waals surface area contributed by atoms with Crippen LogP contribution in [0, 0.1) is 0 Å². The number of nitrogens with zero attached hydrogens (tertiary/aromatic N) is 2. The Balaban J connectivity index is 1.07. The Hall–Kier alpha value is -6.43. The number of aromatic nitrogens is 1. The molecule has 2 atom stereocenters. The minimum atomic E-state index is -1.33. The fraction of sp³-hybridized carbons (Fsp3) is 0.244. The van der Waals surface area contributed by atoms with Crippen LogP contribution in [0.1, 0.15) is 43.4 Å². The molecule has 0 saturated carbocycles. The SMILES string of the molecule is CCCN(CC(=O)Nc1ccc(-c2cc3cc(NC(=O)[C@@H]4CCCN4C(=O)[C@H](NC(=O)O)c4ccccc4)ccc3[nH]2)cc1)C(=O)Cc1ccccc1. The van der Waals surface area contributed by atoms with Crippen molar-refractivity contribution in [3.63, 3.8) is 0 Å². The van der Waals surface area contributed by atoms with Gasteiger partial charge in [-0.1, -0.05) is 79.7 Å². The molecule has 53 heavy (non-hydrogen) atoms. The summed E-state index contributed by atoms with van der Waals surface area (Å²) < 4.78 is 0. The number of rotatable bonds is 13. The van der Waals surface area contributed by atoms with Gasteiger partial charge < -0.3 is 35.8 Å². The first kappa shape index (κ1) is 36.4. The highest BCUT2D eigenvalue weighted by atomic mass is 16.4. The van der Waals surface area contributed by atoms with Gasteiger partial charge in [0.1, 0.15) is 12.1 Å². The number of carbonyl (C=O) groups excluding carboxylic acids is 4. The van der Waals surface area contributed by atoms with Crippen LogP contribution in [0.4, 0.5) is 16.2 Å². The van der Waals surface area contributed by atoms with Gasteiger partial charge in [0.2, 0.25) is 17.7 Å². The van der Waals surface area contributed by atoms with Gasteiger partial charge in [0.15, 0.2) is 0 Å². The molecule has 0 radical (unpaired) electrons. The number of carbonyl (C=O) groups is 5. The normalized spacial score (nSPS) is 14.4. The standard InChI is InChI=1S/C41H42N6O6/c1-2-21-46(37(49)23-27-10-5-3-6-11-27)26-36(48)42-31-17-15-28(16-18-31)34-25-30-24-32(19-20-33(30)44-34)43-39(50)35-14-9-22-47(35)40(51)38(45-41(52)53)29-12-7-4-8-13-29/h3-8,10-13,15-20,24-25,35,38,44-45H,2,9,14,21-23,26H2,1H3,(H,42,48)(H,43,50)(H,52,53)/t35-,38+/m0/s1. The molecule has 2 heterocycles. The summed E-state index contributed by atoms with van der Waals surface area (Å²) in [5, 5.41) is 18.4. The number of aromatic amines is 1. The van der Waals surface area contributed by atoms with E-state index in [1.807, 2.05) is 79.7 Å². The van der Waals surface area contributed by atoms with Crippen molar-refractivity contribution in [1.82, 2.24) is 20.1 Å². The molecule has 272 valence electrons. The Morgan fingerprint density at radius 2 is 1.57 bits per heavy atom. The van der Waals surface area contributed by atoms with Crippen LogP contribution in [0.3, 0.4) is 0 Å². The zero-order chi connectivity index (χ0) is 37.3. The highest BCUT2D eigenvalue weighted by Gasteiger charge is 2.38. The summed E-state index contributed by atoms with van der Waals surface area (Å²) in [6, 6.07) is 31.1. The zero-order valence-electron chi connectivity index (χ0n) is 29.4. The topological polar surface area (TPSA) is 164 Å². The second kappa shape index (κ2) is 16.7. The van der Waals surface area contributed by atoms with Gasteiger partial charge >= 0.3 is 6.09 Å². The molecule has 1 aliphatic rings. The molecule has 12 nitrogen and oxygen atoms in total. The van der Waals surface area contributed by atoms with Crippen molar-refractivity contribution in [2.24, 2.45) is 0 Å². The Kier molecular flexibility index (Phi) is 11.5. The number of anilines is 2. The van der Waals surface area contributed by atoms with Crippen LogP contribution in [-0.4, -0.2) is 75.3 Å². The van der Waals surface area contributed by atoms with Crippen molar-refractivity contribution in [2.45, 2.75) is 44.7 Å². The van der Waals surface area contributed by atoms with Gasteiger partial charge in [-0.2, -0.15) is 0 Å². The summed E-state index contributed by atoms with van der Waals surface area (Å²) in [5.74, 6) is -1.18.